The Kier molecular flexibility index (Phi) is 3.91. The maximum Gasteiger partial charge on any atom is 0.351 e. The number of nitrogen functional groups attached to an aromatic ring is 1. The van der Waals surface area contributed by atoms with E-state index < -0.39 is 36.8 Å². The molecule has 1 aromatic heterocycles. The Bertz CT molecular complexity index is 610. The van der Waals surface area contributed by atoms with Crippen LogP contribution in [-0.2, 0) is 4.74 Å². The molecule has 2 heterocycles. The van der Waals surface area contributed by atoms with Gasteiger partial charge in [-0.3, -0.25) is 4.57 Å². The summed E-state index contributed by atoms with van der Waals surface area (Å²) in [6.45, 7) is 1.20. The molecule has 1 aliphatic rings. The third-order valence-corrected chi connectivity index (χ3v) is 3.15. The number of aryl methyl sites for hydroxylation is 1. The second-order valence-corrected chi connectivity index (χ2v) is 4.43. The van der Waals surface area contributed by atoms with Crippen molar-refractivity contribution in [2.75, 3.05) is 12.3 Å². The summed E-state index contributed by atoms with van der Waals surface area (Å²) in [6.07, 6.45) is -1.87. The summed E-state index contributed by atoms with van der Waals surface area (Å²) in [5.41, 5.74) is 13.8. The predicted molar refractivity (Wildman–Crippen MR) is 67.6 cm³/mol. The molecule has 0 aromatic carbocycles. The van der Waals surface area contributed by atoms with Gasteiger partial charge in [-0.25, -0.2) is 4.79 Å². The average molecular weight is 282 g/mol. The highest BCUT2D eigenvalue weighted by Crippen LogP contribution is 2.30. The van der Waals surface area contributed by atoms with E-state index in [2.05, 4.69) is 15.0 Å². The van der Waals surface area contributed by atoms with Crippen LogP contribution in [0.5, 0.6) is 0 Å². The van der Waals surface area contributed by atoms with Crippen LogP contribution in [0.4, 0.5) is 5.82 Å². The van der Waals surface area contributed by atoms with Crippen LogP contribution >= 0.6 is 0 Å². The summed E-state index contributed by atoms with van der Waals surface area (Å²) in [4.78, 5) is 18.0. The smallest absolute Gasteiger partial charge is 0.351 e. The van der Waals surface area contributed by atoms with Crippen LogP contribution in [0.15, 0.2) is 16.1 Å². The largest absolute Gasteiger partial charge is 0.394 e. The number of ether oxygens (including phenoxy) is 1. The zero-order valence-electron chi connectivity index (χ0n) is 10.6. The molecule has 4 atom stereocenters. The third kappa shape index (κ3) is 2.32. The second-order valence-electron chi connectivity index (χ2n) is 4.43. The van der Waals surface area contributed by atoms with Crippen molar-refractivity contribution in [3.8, 4) is 0 Å². The molecule has 0 aliphatic carbocycles. The molecule has 2 rings (SSSR count). The van der Waals surface area contributed by atoms with Crippen LogP contribution in [0, 0.1) is 6.92 Å². The fourth-order valence-corrected chi connectivity index (χ4v) is 2.07. The van der Waals surface area contributed by atoms with Crippen LogP contribution in [0.1, 0.15) is 11.8 Å². The van der Waals surface area contributed by atoms with Crippen LogP contribution in [-0.4, -0.2) is 44.6 Å². The van der Waals surface area contributed by atoms with Crippen molar-refractivity contribution in [3.63, 3.8) is 0 Å². The number of anilines is 1. The lowest BCUT2D eigenvalue weighted by Gasteiger charge is -2.18. The Morgan fingerprint density at radius 3 is 3.00 bits per heavy atom. The molecule has 0 amide bonds. The van der Waals surface area contributed by atoms with Gasteiger partial charge in [0.15, 0.2) is 6.23 Å². The van der Waals surface area contributed by atoms with E-state index >= 15 is 0 Å². The number of nitrogens with zero attached hydrogens (tertiary/aromatic N) is 5. The van der Waals surface area contributed by atoms with E-state index in [1.807, 2.05) is 0 Å². The summed E-state index contributed by atoms with van der Waals surface area (Å²) < 4.78 is 6.43. The van der Waals surface area contributed by atoms with Crippen molar-refractivity contribution in [2.45, 2.75) is 31.4 Å². The maximum atomic E-state index is 11.8. The van der Waals surface area contributed by atoms with Gasteiger partial charge in [0.2, 0.25) is 0 Å². The van der Waals surface area contributed by atoms with Crippen LogP contribution in [0.3, 0.4) is 0 Å². The van der Waals surface area contributed by atoms with Gasteiger partial charge in [0.05, 0.1) is 18.8 Å². The summed E-state index contributed by atoms with van der Waals surface area (Å²) in [5, 5.41) is 22.7. The summed E-state index contributed by atoms with van der Waals surface area (Å²) >= 11 is 0. The zero-order valence-corrected chi connectivity index (χ0v) is 10.6. The molecule has 10 nitrogen and oxygen atoms in total. The molecule has 4 N–H and O–H groups in total. The highest BCUT2D eigenvalue weighted by Gasteiger charge is 2.44. The first-order valence-corrected chi connectivity index (χ1v) is 5.83. The summed E-state index contributed by atoms with van der Waals surface area (Å²) in [6, 6.07) is -0.986. The first kappa shape index (κ1) is 14.3. The maximum absolute atomic E-state index is 11.8. The number of rotatable bonds is 3. The molecule has 108 valence electrons. The highest BCUT2D eigenvalue weighted by molar-refractivity contribution is 5.35. The van der Waals surface area contributed by atoms with Gasteiger partial charge in [-0.15, -0.1) is 0 Å². The lowest BCUT2D eigenvalue weighted by molar-refractivity contribution is -0.0531. The lowest BCUT2D eigenvalue weighted by Crippen LogP contribution is -2.35. The SMILES string of the molecule is Cc1cn([C@H]2O[C@@H](CO)[C@@H](N=[N+]=[N-])C2O)c(=O)nc1N. The Balaban J connectivity index is 2.41. The van der Waals surface area contributed by atoms with E-state index in [9.17, 15) is 15.0 Å². The van der Waals surface area contributed by atoms with E-state index in [1.54, 1.807) is 6.92 Å². The second kappa shape index (κ2) is 5.47. The quantitative estimate of drug-likeness (QED) is 0.368. The van der Waals surface area contributed by atoms with E-state index in [1.165, 1.54) is 6.20 Å². The number of nitrogens with two attached hydrogens (primary N) is 1. The number of hydrogen-bond donors (Lipinski definition) is 3. The minimum absolute atomic E-state index is 0.0871. The van der Waals surface area contributed by atoms with Crippen LogP contribution in [0.25, 0.3) is 10.4 Å². The molecule has 1 saturated heterocycles. The molecule has 0 bridgehead atoms. The van der Waals surface area contributed by atoms with Crippen molar-refractivity contribution < 1.29 is 14.9 Å². The fraction of sp³-hybridized carbons (Fsp3) is 0.600. The van der Waals surface area contributed by atoms with Gasteiger partial charge in [-0.1, -0.05) is 5.11 Å². The zero-order chi connectivity index (χ0) is 14.9. The molecule has 1 fully saturated rings. The molecule has 1 unspecified atom stereocenters. The van der Waals surface area contributed by atoms with Crippen molar-refractivity contribution in [3.05, 3.63) is 32.7 Å². The van der Waals surface area contributed by atoms with Gasteiger partial charge < -0.3 is 20.7 Å². The highest BCUT2D eigenvalue weighted by atomic mass is 16.5. The van der Waals surface area contributed by atoms with Gasteiger partial charge in [0.1, 0.15) is 11.9 Å². The monoisotopic (exact) mass is 282 g/mol. The minimum atomic E-state index is -1.27. The summed E-state index contributed by atoms with van der Waals surface area (Å²) in [7, 11) is 0. The Morgan fingerprint density at radius 1 is 1.70 bits per heavy atom. The van der Waals surface area contributed by atoms with Crippen molar-refractivity contribution in [1.29, 1.82) is 0 Å². The minimum Gasteiger partial charge on any atom is -0.394 e. The van der Waals surface area contributed by atoms with Crippen molar-refractivity contribution in [2.24, 2.45) is 5.11 Å². The average Bonchev–Trinajstić information content (AvgIpc) is 2.72. The van der Waals surface area contributed by atoms with Crippen molar-refractivity contribution >= 4 is 5.82 Å². The Hall–Kier alpha value is -2.13. The lowest BCUT2D eigenvalue weighted by atomic mass is 10.1. The molecule has 0 spiro atoms. The van der Waals surface area contributed by atoms with E-state index in [4.69, 9.17) is 16.0 Å². The molecule has 20 heavy (non-hydrogen) atoms. The van der Waals surface area contributed by atoms with Crippen molar-refractivity contribution in [1.82, 2.24) is 9.55 Å². The number of aliphatic hydroxyl groups excluding tert-OH is 2. The molecule has 0 radical (unpaired) electrons. The van der Waals surface area contributed by atoms with Gasteiger partial charge in [0.25, 0.3) is 0 Å². The molecule has 10 heteroatoms. The molecule has 0 saturated carbocycles. The van der Waals surface area contributed by atoms with E-state index in [0.29, 0.717) is 5.56 Å². The first-order valence-electron chi connectivity index (χ1n) is 5.83. The van der Waals surface area contributed by atoms with Crippen LogP contribution < -0.4 is 11.4 Å². The first-order chi connectivity index (χ1) is 9.49. The normalized spacial score (nSPS) is 29.1. The number of aromatic nitrogens is 2. The Morgan fingerprint density at radius 2 is 2.40 bits per heavy atom. The Labute approximate surface area is 113 Å². The van der Waals surface area contributed by atoms with Gasteiger partial charge in [0, 0.05) is 16.7 Å². The van der Waals surface area contributed by atoms with Gasteiger partial charge in [-0.05, 0) is 12.5 Å². The molecule has 1 aliphatic heterocycles. The fourth-order valence-electron chi connectivity index (χ4n) is 2.07. The van der Waals surface area contributed by atoms with Gasteiger partial charge in [-0.2, -0.15) is 4.98 Å². The molecule has 1 aromatic rings. The van der Waals surface area contributed by atoms with E-state index in [0.717, 1.165) is 4.57 Å². The standard InChI is InChI=1S/C10H14N6O4/c1-4-2-16(10(19)13-8(4)11)9-7(18)6(14-15-12)5(3-17)20-9/h2,5-7,9,17-18H,3H2,1H3,(H2,11,13,19)/t5-,6+,7?,9-/m0/s1. The summed E-state index contributed by atoms with van der Waals surface area (Å²) in [5.74, 6) is 0.0871. The number of hydrogen-bond acceptors (Lipinski definition) is 7. The predicted octanol–water partition coefficient (Wildman–Crippen LogP) is -0.937. The third-order valence-electron chi connectivity index (χ3n) is 3.15. The number of azide groups is 1. The molecular weight excluding hydrogens is 268 g/mol. The van der Waals surface area contributed by atoms with Crippen LogP contribution in [0.2, 0.25) is 0 Å². The van der Waals surface area contributed by atoms with E-state index in [-0.39, 0.29) is 5.82 Å². The molecular formula is C10H14N6O4. The number of aliphatic hydroxyl groups is 2. The van der Waals surface area contributed by atoms with Gasteiger partial charge >= 0.3 is 5.69 Å². The topological polar surface area (TPSA) is 159 Å².